The number of halogens is 2. The Bertz CT molecular complexity index is 541. The van der Waals surface area contributed by atoms with E-state index in [1.165, 1.54) is 0 Å². The molecule has 18 heavy (non-hydrogen) atoms. The van der Waals surface area contributed by atoms with Crippen LogP contribution in [0.5, 0.6) is 0 Å². The molecule has 0 unspecified atom stereocenters. The highest BCUT2D eigenvalue weighted by Gasteiger charge is 2.13. The van der Waals surface area contributed by atoms with Crippen molar-refractivity contribution < 1.29 is 0 Å². The molecule has 3 rings (SSSR count). The summed E-state index contributed by atoms with van der Waals surface area (Å²) in [5.74, 6) is 0. The predicted molar refractivity (Wildman–Crippen MR) is 76.7 cm³/mol. The molecule has 96 valence electrons. The van der Waals surface area contributed by atoms with E-state index in [1.54, 1.807) is 6.07 Å². The summed E-state index contributed by atoms with van der Waals surface area (Å²) < 4.78 is 0. The number of hydrogen-bond acceptors (Lipinski definition) is 4. The highest BCUT2D eigenvalue weighted by atomic mass is 35.5. The molecule has 0 spiro atoms. The normalized spacial score (nSPS) is 18.6. The third kappa shape index (κ3) is 2.83. The van der Waals surface area contributed by atoms with Crippen molar-refractivity contribution in [3.05, 3.63) is 29.5 Å². The zero-order chi connectivity index (χ0) is 11.7. The van der Waals surface area contributed by atoms with E-state index in [9.17, 15) is 0 Å². The number of pyridine rings is 2. The second-order valence-corrected chi connectivity index (χ2v) is 4.63. The number of hydrogen-bond donors (Lipinski definition) is 2. The summed E-state index contributed by atoms with van der Waals surface area (Å²) in [6, 6.07) is 6.28. The molecule has 2 aromatic rings. The molecule has 2 aromatic heterocycles. The van der Waals surface area contributed by atoms with Gasteiger partial charge in [0.05, 0.1) is 11.9 Å². The lowest BCUT2D eigenvalue weighted by atomic mass is 10.2. The Morgan fingerprint density at radius 2 is 2.28 bits per heavy atom. The first-order valence-electron chi connectivity index (χ1n) is 5.71. The highest BCUT2D eigenvalue weighted by molar-refractivity contribution is 6.29. The third-order valence-electron chi connectivity index (χ3n) is 2.94. The molecule has 1 aliphatic heterocycles. The number of fused-ring (bicyclic) bond motifs is 1. The van der Waals surface area contributed by atoms with Gasteiger partial charge in [0.15, 0.2) is 5.65 Å². The van der Waals surface area contributed by atoms with Crippen molar-refractivity contribution in [1.82, 2.24) is 15.3 Å². The molecule has 1 saturated heterocycles. The molecule has 3 heterocycles. The molecule has 0 radical (unpaired) electrons. The molecule has 0 aromatic carbocycles. The number of nitrogens with zero attached hydrogens (tertiary/aromatic N) is 2. The van der Waals surface area contributed by atoms with E-state index in [2.05, 4.69) is 26.7 Å². The molecule has 0 saturated carbocycles. The summed E-state index contributed by atoms with van der Waals surface area (Å²) in [6.07, 6.45) is 2.96. The van der Waals surface area contributed by atoms with Gasteiger partial charge in [-0.05, 0) is 31.2 Å². The maximum Gasteiger partial charge on any atom is 0.160 e. The van der Waals surface area contributed by atoms with Crippen LogP contribution >= 0.6 is 24.0 Å². The Kier molecular flexibility index (Phi) is 4.22. The first-order valence-corrected chi connectivity index (χ1v) is 6.08. The molecule has 0 aliphatic carbocycles. The van der Waals surface area contributed by atoms with Gasteiger partial charge in [0.25, 0.3) is 0 Å². The van der Waals surface area contributed by atoms with Crippen LogP contribution in [0, 0.1) is 0 Å². The van der Waals surface area contributed by atoms with Gasteiger partial charge in [-0.2, -0.15) is 0 Å². The molecule has 1 atom stereocenters. The highest BCUT2D eigenvalue weighted by Crippen LogP contribution is 2.18. The maximum absolute atomic E-state index is 5.82. The maximum atomic E-state index is 5.82. The van der Waals surface area contributed by atoms with Crippen LogP contribution in [0.4, 0.5) is 5.69 Å². The van der Waals surface area contributed by atoms with E-state index in [0.29, 0.717) is 16.8 Å². The van der Waals surface area contributed by atoms with Crippen LogP contribution in [0.15, 0.2) is 24.4 Å². The van der Waals surface area contributed by atoms with Gasteiger partial charge in [-0.3, -0.25) is 0 Å². The van der Waals surface area contributed by atoms with E-state index < -0.39 is 0 Å². The zero-order valence-electron chi connectivity index (χ0n) is 9.69. The molecule has 0 amide bonds. The minimum atomic E-state index is 0. The van der Waals surface area contributed by atoms with Crippen molar-refractivity contribution in [3.63, 3.8) is 0 Å². The van der Waals surface area contributed by atoms with Crippen LogP contribution < -0.4 is 10.6 Å². The molecule has 4 nitrogen and oxygen atoms in total. The average Bonchev–Trinajstić information content (AvgIpc) is 2.82. The second kappa shape index (κ2) is 5.69. The molecule has 1 fully saturated rings. The number of aromatic nitrogens is 2. The third-order valence-corrected chi connectivity index (χ3v) is 3.15. The van der Waals surface area contributed by atoms with Crippen molar-refractivity contribution in [3.8, 4) is 0 Å². The summed E-state index contributed by atoms with van der Waals surface area (Å²) >= 11 is 5.82. The Morgan fingerprint density at radius 3 is 3.06 bits per heavy atom. The molecule has 6 heteroatoms. The lowest BCUT2D eigenvalue weighted by molar-refractivity contribution is 0.793. The molecule has 1 aliphatic rings. The summed E-state index contributed by atoms with van der Waals surface area (Å²) in [6.45, 7) is 2.09. The largest absolute Gasteiger partial charge is 0.380 e. The standard InChI is InChI=1S/C12H13ClN4.ClH/c13-11-2-1-8-5-10(7-15-12(8)17-11)16-9-3-4-14-6-9;/h1-2,5,7,9,14,16H,3-4,6H2;1H/t9-;/m0./s1. The van der Waals surface area contributed by atoms with E-state index in [1.807, 2.05) is 12.3 Å². The van der Waals surface area contributed by atoms with Gasteiger partial charge in [0.2, 0.25) is 0 Å². The van der Waals surface area contributed by atoms with Gasteiger partial charge >= 0.3 is 0 Å². The zero-order valence-corrected chi connectivity index (χ0v) is 11.3. The minimum Gasteiger partial charge on any atom is -0.380 e. The van der Waals surface area contributed by atoms with Gasteiger partial charge in [-0.1, -0.05) is 11.6 Å². The van der Waals surface area contributed by atoms with E-state index in [-0.39, 0.29) is 12.4 Å². The molecule has 2 N–H and O–H groups in total. The van der Waals surface area contributed by atoms with Crippen LogP contribution in [-0.4, -0.2) is 29.1 Å². The monoisotopic (exact) mass is 284 g/mol. The Balaban J connectivity index is 0.00000120. The fourth-order valence-electron chi connectivity index (χ4n) is 2.08. The fourth-order valence-corrected chi connectivity index (χ4v) is 2.22. The van der Waals surface area contributed by atoms with Crippen molar-refractivity contribution in [2.75, 3.05) is 18.4 Å². The van der Waals surface area contributed by atoms with Crippen molar-refractivity contribution >= 4 is 40.7 Å². The lowest BCUT2D eigenvalue weighted by Crippen LogP contribution is -2.22. The van der Waals surface area contributed by atoms with Gasteiger partial charge in [-0.15, -0.1) is 12.4 Å². The van der Waals surface area contributed by atoms with Crippen LogP contribution in [-0.2, 0) is 0 Å². The van der Waals surface area contributed by atoms with Crippen molar-refractivity contribution in [2.24, 2.45) is 0 Å². The summed E-state index contributed by atoms with van der Waals surface area (Å²) in [4.78, 5) is 8.47. The predicted octanol–water partition coefficient (Wildman–Crippen LogP) is 2.48. The number of anilines is 1. The number of rotatable bonds is 2. The van der Waals surface area contributed by atoms with Crippen LogP contribution in [0.3, 0.4) is 0 Å². The quantitative estimate of drug-likeness (QED) is 0.832. The fraction of sp³-hybridized carbons (Fsp3) is 0.333. The van der Waals surface area contributed by atoms with Gasteiger partial charge in [-0.25, -0.2) is 9.97 Å². The second-order valence-electron chi connectivity index (χ2n) is 4.24. The molecular formula is C12H14Cl2N4. The summed E-state index contributed by atoms with van der Waals surface area (Å²) in [5, 5.41) is 8.27. The topological polar surface area (TPSA) is 49.8 Å². The van der Waals surface area contributed by atoms with E-state index >= 15 is 0 Å². The molecular weight excluding hydrogens is 271 g/mol. The first kappa shape index (κ1) is 13.3. The minimum absolute atomic E-state index is 0. The van der Waals surface area contributed by atoms with Crippen LogP contribution in [0.25, 0.3) is 11.0 Å². The Hall–Kier alpha value is -1.10. The van der Waals surface area contributed by atoms with Gasteiger partial charge < -0.3 is 10.6 Å². The van der Waals surface area contributed by atoms with Crippen LogP contribution in [0.1, 0.15) is 6.42 Å². The van der Waals surface area contributed by atoms with Gasteiger partial charge in [0.1, 0.15) is 5.15 Å². The number of nitrogens with one attached hydrogen (secondary N) is 2. The van der Waals surface area contributed by atoms with Crippen molar-refractivity contribution in [2.45, 2.75) is 12.5 Å². The molecule has 0 bridgehead atoms. The van der Waals surface area contributed by atoms with E-state index in [4.69, 9.17) is 11.6 Å². The smallest absolute Gasteiger partial charge is 0.160 e. The summed E-state index contributed by atoms with van der Waals surface area (Å²) in [5.41, 5.74) is 1.72. The lowest BCUT2D eigenvalue weighted by Gasteiger charge is -2.12. The van der Waals surface area contributed by atoms with E-state index in [0.717, 1.165) is 30.6 Å². The average molecular weight is 285 g/mol. The van der Waals surface area contributed by atoms with Gasteiger partial charge in [0, 0.05) is 18.0 Å². The Labute approximate surface area is 117 Å². The van der Waals surface area contributed by atoms with Crippen molar-refractivity contribution in [1.29, 1.82) is 0 Å². The van der Waals surface area contributed by atoms with Crippen LogP contribution in [0.2, 0.25) is 5.15 Å². The SMILES string of the molecule is Cl.Clc1ccc2cc(N[C@H]3CCNC3)cnc2n1. The Morgan fingerprint density at radius 1 is 1.39 bits per heavy atom. The summed E-state index contributed by atoms with van der Waals surface area (Å²) in [7, 11) is 0. The first-order chi connectivity index (χ1) is 8.31.